The predicted octanol–water partition coefficient (Wildman–Crippen LogP) is 15.1. The molecule has 3 aromatic heterocycles. The van der Waals surface area contributed by atoms with Gasteiger partial charge in [-0.15, -0.1) is 40.5 Å². The van der Waals surface area contributed by atoms with Crippen molar-refractivity contribution < 1.29 is 34.4 Å². The van der Waals surface area contributed by atoms with Gasteiger partial charge in [-0.1, -0.05) is 117 Å². The third-order valence-corrected chi connectivity index (χ3v) is 13.1. The number of aliphatic hydroxyl groups is 1. The third-order valence-electron chi connectivity index (χ3n) is 12.1. The molecule has 0 fully saturated rings. The first kappa shape index (κ1) is 45.1. The number of thiophene rings is 1. The molecule has 0 saturated heterocycles. The second-order valence-corrected chi connectivity index (χ2v) is 18.3. The summed E-state index contributed by atoms with van der Waals surface area (Å²) in [6, 6.07) is 23.5. The van der Waals surface area contributed by atoms with Gasteiger partial charge in [-0.2, -0.15) is 0 Å². The van der Waals surface area contributed by atoms with Gasteiger partial charge in [0.15, 0.2) is 5.78 Å². The van der Waals surface area contributed by atoms with Crippen LogP contribution in [0.5, 0.6) is 0 Å². The van der Waals surface area contributed by atoms with Gasteiger partial charge in [0.2, 0.25) is 0 Å². The second-order valence-electron chi connectivity index (χ2n) is 17.4. The number of allylic oxidation sites excluding steroid dienone is 2. The van der Waals surface area contributed by atoms with Gasteiger partial charge in [-0.3, -0.25) is 9.78 Å². The SMILES string of the molecule is CCC(C)(CC)C(=O)/C=C(\O)C(C)(CC)CC.Cc1oc2ccc(-c3cc(-c4[c-]c5ccccc5c(C(C)(C)C)c4)nc4scc(C)c34)cc2c1CC(C)C.[Ir]. The van der Waals surface area contributed by atoms with Crippen LogP contribution in [0.3, 0.4) is 0 Å². The molecule has 3 heterocycles. The van der Waals surface area contributed by atoms with Crippen molar-refractivity contribution in [2.24, 2.45) is 16.7 Å². The van der Waals surface area contributed by atoms with E-state index in [-0.39, 0.29) is 47.9 Å². The molecule has 6 heteroatoms. The molecule has 0 unspecified atom stereocenters. The molecule has 56 heavy (non-hydrogen) atoms. The molecule has 1 N–H and O–H groups in total. The molecular formula is C50H62IrNO3S-. The number of fused-ring (bicyclic) bond motifs is 3. The van der Waals surface area contributed by atoms with Gasteiger partial charge in [-0.05, 0) is 91.5 Å². The van der Waals surface area contributed by atoms with Crippen LogP contribution in [-0.4, -0.2) is 15.9 Å². The van der Waals surface area contributed by atoms with Crippen LogP contribution in [0.15, 0.2) is 76.2 Å². The summed E-state index contributed by atoms with van der Waals surface area (Å²) in [5.41, 5.74) is 8.72. The van der Waals surface area contributed by atoms with Gasteiger partial charge < -0.3 is 9.52 Å². The van der Waals surface area contributed by atoms with E-state index >= 15 is 0 Å². The van der Waals surface area contributed by atoms with E-state index in [2.05, 4.69) is 115 Å². The Bertz CT molecular complexity index is 2340. The number of ketones is 1. The third kappa shape index (κ3) is 9.25. The minimum Gasteiger partial charge on any atom is -0.512 e. The van der Waals surface area contributed by atoms with Crippen molar-refractivity contribution in [3.8, 4) is 22.4 Å². The average molecular weight is 949 g/mol. The number of carbonyl (C=O) groups excluding carboxylic acids is 1. The summed E-state index contributed by atoms with van der Waals surface area (Å²) < 4.78 is 6.15. The summed E-state index contributed by atoms with van der Waals surface area (Å²) in [5, 5.41) is 17.2. The summed E-state index contributed by atoms with van der Waals surface area (Å²) in [6.45, 7) is 27.7. The maximum Gasteiger partial charge on any atom is 0.164 e. The molecule has 0 bridgehead atoms. The first-order valence-corrected chi connectivity index (χ1v) is 21.1. The van der Waals surface area contributed by atoms with E-state index in [0.717, 1.165) is 64.9 Å². The van der Waals surface area contributed by atoms with Crippen LogP contribution in [-0.2, 0) is 36.7 Å². The smallest absolute Gasteiger partial charge is 0.164 e. The number of aromatic nitrogens is 1. The van der Waals surface area contributed by atoms with E-state index in [1.807, 2.05) is 41.5 Å². The molecule has 0 saturated carbocycles. The second kappa shape index (κ2) is 17.9. The molecule has 0 spiro atoms. The maximum atomic E-state index is 12.2. The number of nitrogens with zero attached hydrogens (tertiary/aromatic N) is 1. The molecule has 0 aliphatic heterocycles. The van der Waals surface area contributed by atoms with Crippen molar-refractivity contribution in [1.82, 2.24) is 4.98 Å². The normalized spacial score (nSPS) is 12.6. The van der Waals surface area contributed by atoms with E-state index in [0.29, 0.717) is 5.92 Å². The maximum absolute atomic E-state index is 12.2. The molecule has 0 amide bonds. The first-order chi connectivity index (χ1) is 25.9. The van der Waals surface area contributed by atoms with Gasteiger partial charge in [0.1, 0.15) is 21.9 Å². The first-order valence-electron chi connectivity index (χ1n) is 20.2. The molecule has 0 aliphatic rings. The summed E-state index contributed by atoms with van der Waals surface area (Å²) in [6.07, 6.45) is 5.77. The van der Waals surface area contributed by atoms with Crippen LogP contribution in [0.25, 0.3) is 54.3 Å². The number of hydrogen-bond donors (Lipinski definition) is 1. The van der Waals surface area contributed by atoms with E-state index < -0.39 is 0 Å². The molecule has 3 aromatic carbocycles. The van der Waals surface area contributed by atoms with Crippen LogP contribution in [0, 0.1) is 36.7 Å². The Morgan fingerprint density at radius 3 is 2.14 bits per heavy atom. The van der Waals surface area contributed by atoms with Crippen LogP contribution >= 0.6 is 11.3 Å². The van der Waals surface area contributed by atoms with Crippen LogP contribution in [0.2, 0.25) is 0 Å². The van der Waals surface area contributed by atoms with E-state index in [1.54, 1.807) is 11.3 Å². The minimum atomic E-state index is -0.337. The van der Waals surface area contributed by atoms with Crippen molar-refractivity contribution >= 4 is 49.1 Å². The van der Waals surface area contributed by atoms with Crippen molar-refractivity contribution in [2.75, 3.05) is 0 Å². The Balaban J connectivity index is 0.000000330. The van der Waals surface area contributed by atoms with E-state index in [9.17, 15) is 9.90 Å². The van der Waals surface area contributed by atoms with E-state index in [4.69, 9.17) is 9.40 Å². The quantitative estimate of drug-likeness (QED) is 0.0798. The largest absolute Gasteiger partial charge is 0.512 e. The molecule has 0 aliphatic carbocycles. The fourth-order valence-electron chi connectivity index (χ4n) is 7.33. The van der Waals surface area contributed by atoms with Crippen molar-refractivity contribution in [3.05, 3.63) is 100 Å². The number of rotatable bonds is 11. The number of carbonyl (C=O) groups is 1. The van der Waals surface area contributed by atoms with Gasteiger partial charge in [0, 0.05) is 59.0 Å². The summed E-state index contributed by atoms with van der Waals surface area (Å²) in [4.78, 5) is 18.4. The van der Waals surface area contributed by atoms with Gasteiger partial charge in [-0.25, -0.2) is 0 Å². The molecule has 6 rings (SSSR count). The topological polar surface area (TPSA) is 63.3 Å². The molecule has 301 valence electrons. The zero-order valence-electron chi connectivity index (χ0n) is 35.9. The molecule has 0 atom stereocenters. The van der Waals surface area contributed by atoms with Crippen molar-refractivity contribution in [3.63, 3.8) is 0 Å². The standard InChI is InChI=1S/C35H34NOS.C15H28O2.Ir/c1-20(2)14-27-22(4)37-32-13-12-24(16-29(27)32)28-18-31(36-34-33(28)21(3)19-38-34)25-15-23-10-8-9-11-26(23)30(17-25)35(5,6)7;1-7-14(5,8-2)12(16)11-13(17)15(6,9-3)10-4;/h8-13,16-20H,14H2,1-7H3;11,16H,7-10H2,1-6H3;/q-1;;/b;12-11-;. The molecule has 4 nitrogen and oxygen atoms in total. The Labute approximate surface area is 353 Å². The average Bonchev–Trinajstić information content (AvgIpc) is 3.70. The zero-order valence-corrected chi connectivity index (χ0v) is 39.1. The fourth-order valence-corrected chi connectivity index (χ4v) is 8.28. The van der Waals surface area contributed by atoms with E-state index in [1.165, 1.54) is 50.1 Å². The Kier molecular flexibility index (Phi) is 14.4. The summed E-state index contributed by atoms with van der Waals surface area (Å²) >= 11 is 1.72. The van der Waals surface area contributed by atoms with Crippen LogP contribution < -0.4 is 0 Å². The number of benzene rings is 3. The zero-order chi connectivity index (χ0) is 40.5. The monoisotopic (exact) mass is 949 g/mol. The van der Waals surface area contributed by atoms with Crippen LogP contribution in [0.1, 0.15) is 124 Å². The minimum absolute atomic E-state index is 0. The molecule has 6 aromatic rings. The Morgan fingerprint density at radius 2 is 1.54 bits per heavy atom. The predicted molar refractivity (Wildman–Crippen MR) is 236 cm³/mol. The Morgan fingerprint density at radius 1 is 0.893 bits per heavy atom. The van der Waals surface area contributed by atoms with Crippen molar-refractivity contribution in [1.29, 1.82) is 0 Å². The van der Waals surface area contributed by atoms with Crippen LogP contribution in [0.4, 0.5) is 0 Å². The summed E-state index contributed by atoms with van der Waals surface area (Å²) in [5.74, 6) is 1.88. The molecule has 1 radical (unpaired) electrons. The Hall–Kier alpha value is -3.57. The fraction of sp³-hybridized carbons (Fsp3) is 0.440. The van der Waals surface area contributed by atoms with Gasteiger partial charge in [0.05, 0.1) is 0 Å². The number of furan rings is 1. The van der Waals surface area contributed by atoms with Crippen molar-refractivity contribution in [2.45, 2.75) is 128 Å². The number of aryl methyl sites for hydroxylation is 2. The number of aliphatic hydroxyl groups excluding tert-OH is 1. The number of pyridine rings is 1. The summed E-state index contributed by atoms with van der Waals surface area (Å²) in [7, 11) is 0. The molecular weight excluding hydrogens is 887 g/mol. The number of hydrogen-bond acceptors (Lipinski definition) is 5. The van der Waals surface area contributed by atoms with Gasteiger partial charge in [0.25, 0.3) is 0 Å². The van der Waals surface area contributed by atoms with Gasteiger partial charge >= 0.3 is 0 Å².